The normalized spacial score (nSPS) is 19.2. The SMILES string of the molecule is Cc1ccc(-c2ccc3c(c2)-c2ccccc2C3(C)c2cc3c(cc2-c2ccc(C)cc2)C(C)(Cc2ccc4c(c2)-c2cccc(C5=CC=IC=C5)c2C4(C)C)c2ccccc2-3)cc1. The van der Waals surface area contributed by atoms with Gasteiger partial charge in [-0.05, 0) is 177 Å². The number of rotatable bonds is 6. The van der Waals surface area contributed by atoms with E-state index in [1.165, 1.54) is 122 Å². The average molecular weight is 935 g/mol. The molecule has 8 aromatic rings. The molecule has 0 amide bonds. The predicted molar refractivity (Wildman–Crippen MR) is 281 cm³/mol. The van der Waals surface area contributed by atoms with Crippen molar-refractivity contribution in [3.05, 3.63) is 241 Å². The van der Waals surface area contributed by atoms with E-state index in [1.54, 1.807) is 0 Å². The maximum Gasteiger partial charge on any atom is 0.0441 e. The summed E-state index contributed by atoms with van der Waals surface area (Å²) in [5, 5.41) is 0. The first-order valence-corrected chi connectivity index (χ1v) is 25.3. The van der Waals surface area contributed by atoms with Crippen molar-refractivity contribution in [1.29, 1.82) is 0 Å². The summed E-state index contributed by atoms with van der Waals surface area (Å²) < 4.78 is 4.78. The molecule has 0 spiro atoms. The number of benzene rings is 8. The highest BCUT2D eigenvalue weighted by atomic mass is 127. The molecule has 1 aliphatic heterocycles. The van der Waals surface area contributed by atoms with Crippen LogP contribution in [0.25, 0.3) is 61.2 Å². The van der Waals surface area contributed by atoms with E-state index in [1.807, 2.05) is 0 Å². The molecule has 2 unspecified atom stereocenters. The highest BCUT2D eigenvalue weighted by Crippen LogP contribution is 2.59. The summed E-state index contributed by atoms with van der Waals surface area (Å²) in [4.78, 5) is 0. The maximum atomic E-state index is 2.60. The van der Waals surface area contributed by atoms with Gasteiger partial charge in [-0.2, -0.15) is 0 Å². The summed E-state index contributed by atoms with van der Waals surface area (Å²) in [6.07, 6.45) is 5.61. The molecule has 3 aliphatic carbocycles. The average Bonchev–Trinajstić information content (AvgIpc) is 3.83. The molecule has 2 atom stereocenters. The third-order valence-electron chi connectivity index (χ3n) is 15.4. The van der Waals surface area contributed by atoms with Crippen molar-refractivity contribution in [3.63, 3.8) is 0 Å². The first kappa shape index (κ1) is 39.4. The zero-order chi connectivity index (χ0) is 43.5. The molecule has 0 nitrogen and oxygen atoms in total. The molecular formula is C63H51I. The van der Waals surface area contributed by atoms with Crippen LogP contribution in [0, 0.1) is 13.8 Å². The van der Waals surface area contributed by atoms with Crippen LogP contribution >= 0.6 is 20.7 Å². The number of hydrogen-bond donors (Lipinski definition) is 0. The fourth-order valence-corrected chi connectivity index (χ4v) is 13.5. The number of hydrogen-bond acceptors (Lipinski definition) is 0. The van der Waals surface area contributed by atoms with E-state index in [0.717, 1.165) is 6.42 Å². The monoisotopic (exact) mass is 934 g/mol. The Bertz CT molecular complexity index is 3350. The molecule has 0 N–H and O–H groups in total. The van der Waals surface area contributed by atoms with E-state index in [0.29, 0.717) is 0 Å². The van der Waals surface area contributed by atoms with E-state index in [-0.39, 0.29) is 37.0 Å². The van der Waals surface area contributed by atoms with Crippen molar-refractivity contribution >= 4 is 30.3 Å². The van der Waals surface area contributed by atoms with Crippen LogP contribution in [-0.2, 0) is 22.7 Å². The van der Waals surface area contributed by atoms with Crippen LogP contribution in [0.3, 0.4) is 0 Å². The third-order valence-corrected chi connectivity index (χ3v) is 16.9. The topological polar surface area (TPSA) is 0 Å². The van der Waals surface area contributed by atoms with Crippen LogP contribution in [0.1, 0.15) is 88.9 Å². The van der Waals surface area contributed by atoms with Gasteiger partial charge in [-0.1, -0.05) is 198 Å². The molecule has 0 fully saturated rings. The van der Waals surface area contributed by atoms with E-state index in [9.17, 15) is 0 Å². The first-order valence-electron chi connectivity index (χ1n) is 22.8. The van der Waals surface area contributed by atoms with Gasteiger partial charge < -0.3 is 0 Å². The summed E-state index contributed by atoms with van der Waals surface area (Å²) in [7, 11) is 0. The second-order valence-electron chi connectivity index (χ2n) is 19.6. The van der Waals surface area contributed by atoms with Gasteiger partial charge in [0.05, 0.1) is 0 Å². The molecule has 1 heteroatoms. The molecule has 0 radical (unpaired) electrons. The quantitative estimate of drug-likeness (QED) is 0.146. The van der Waals surface area contributed by atoms with Crippen molar-refractivity contribution in [2.24, 2.45) is 0 Å². The summed E-state index contributed by atoms with van der Waals surface area (Å²) in [6, 6.07) is 63.4. The summed E-state index contributed by atoms with van der Waals surface area (Å²) >= 11 is 0.0262. The van der Waals surface area contributed by atoms with Crippen molar-refractivity contribution < 1.29 is 0 Å². The fraction of sp³-hybridized carbons (Fsp3) is 0.159. The Morgan fingerprint density at radius 1 is 0.422 bits per heavy atom. The van der Waals surface area contributed by atoms with E-state index < -0.39 is 0 Å². The molecule has 1 heterocycles. The van der Waals surface area contributed by atoms with Crippen molar-refractivity contribution in [2.45, 2.75) is 64.2 Å². The van der Waals surface area contributed by atoms with Gasteiger partial charge in [0.2, 0.25) is 0 Å². The highest BCUT2D eigenvalue weighted by molar-refractivity contribution is 14.2. The van der Waals surface area contributed by atoms with Gasteiger partial charge in [-0.25, -0.2) is 0 Å². The van der Waals surface area contributed by atoms with Gasteiger partial charge in [0.1, 0.15) is 0 Å². The molecule has 0 saturated heterocycles. The lowest BCUT2D eigenvalue weighted by Crippen LogP contribution is -2.26. The molecule has 8 aromatic carbocycles. The Labute approximate surface area is 388 Å². The minimum Gasteiger partial charge on any atom is -0.0937 e. The Kier molecular flexibility index (Phi) is 8.89. The minimum absolute atomic E-state index is 0.0262. The number of halogens is 1. The van der Waals surface area contributed by atoms with Gasteiger partial charge in [0.15, 0.2) is 0 Å². The molecule has 12 rings (SSSR count). The lowest BCUT2D eigenvalue weighted by molar-refractivity contribution is 0.582. The summed E-state index contributed by atoms with van der Waals surface area (Å²) in [6.45, 7) is 14.2. The fourth-order valence-electron chi connectivity index (χ4n) is 12.1. The Hall–Kier alpha value is -6.16. The Morgan fingerprint density at radius 3 is 1.73 bits per heavy atom. The predicted octanol–water partition coefficient (Wildman–Crippen LogP) is 16.5. The molecule has 0 aromatic heterocycles. The van der Waals surface area contributed by atoms with Crippen LogP contribution in [0.5, 0.6) is 0 Å². The van der Waals surface area contributed by atoms with E-state index in [2.05, 4.69) is 226 Å². The van der Waals surface area contributed by atoms with Crippen LogP contribution in [0.2, 0.25) is 0 Å². The molecule has 310 valence electrons. The van der Waals surface area contributed by atoms with Crippen molar-refractivity contribution in [3.8, 4) is 55.6 Å². The second-order valence-corrected chi connectivity index (χ2v) is 21.7. The lowest BCUT2D eigenvalue weighted by Gasteiger charge is -2.33. The first-order chi connectivity index (χ1) is 31.0. The molecule has 0 saturated carbocycles. The van der Waals surface area contributed by atoms with Crippen LogP contribution < -0.4 is 0 Å². The van der Waals surface area contributed by atoms with Gasteiger partial charge in [-0.3, -0.25) is 0 Å². The van der Waals surface area contributed by atoms with E-state index >= 15 is 0 Å². The van der Waals surface area contributed by atoms with Crippen LogP contribution in [-0.4, -0.2) is 4.01 Å². The molecular weight excluding hydrogens is 884 g/mol. The second kappa shape index (κ2) is 14.4. The van der Waals surface area contributed by atoms with Gasteiger partial charge in [0, 0.05) is 16.2 Å². The molecule has 0 bridgehead atoms. The van der Waals surface area contributed by atoms with Crippen molar-refractivity contribution in [1.82, 2.24) is 0 Å². The number of aryl methyl sites for hydroxylation is 2. The van der Waals surface area contributed by atoms with Gasteiger partial charge in [-0.15, -0.1) is 0 Å². The minimum atomic E-state index is -0.386. The standard InChI is InChI=1S/C63H51I/c1-39-18-23-42(24-19-39)45-27-29-57-52(35-45)48-13-8-10-17-56(48)63(57,6)59-37-53-47-12-7-9-16-55(47)62(5,58(53)36-50(59)43-25-20-40(2)21-26-43)38-41-22-28-54-51(34-41)49-15-11-14-46(60(49)61(54,3)4)44-30-32-64-33-31-44/h7-37H,38H2,1-6H3. The Balaban J connectivity index is 1.04. The lowest BCUT2D eigenvalue weighted by atomic mass is 9.69. The highest BCUT2D eigenvalue weighted by Gasteiger charge is 2.46. The zero-order valence-corrected chi connectivity index (χ0v) is 39.6. The zero-order valence-electron chi connectivity index (χ0n) is 37.5. The van der Waals surface area contributed by atoms with Crippen LogP contribution in [0.4, 0.5) is 0 Å². The number of allylic oxidation sites excluding steroid dienone is 3. The third kappa shape index (κ3) is 5.75. The summed E-state index contributed by atoms with van der Waals surface area (Å²) in [5.74, 6) is 0. The van der Waals surface area contributed by atoms with Gasteiger partial charge in [0.25, 0.3) is 0 Å². The molecule has 4 aliphatic rings. The van der Waals surface area contributed by atoms with E-state index in [4.69, 9.17) is 0 Å². The van der Waals surface area contributed by atoms with Gasteiger partial charge >= 0.3 is 0 Å². The summed E-state index contributed by atoms with van der Waals surface area (Å²) in [5.41, 5.74) is 29.0. The smallest absolute Gasteiger partial charge is 0.0441 e. The largest absolute Gasteiger partial charge is 0.0937 e. The number of fused-ring (bicyclic) bond motifs is 9. The van der Waals surface area contributed by atoms with Crippen molar-refractivity contribution in [2.75, 3.05) is 0 Å². The maximum absolute atomic E-state index is 2.60. The van der Waals surface area contributed by atoms with Crippen LogP contribution in [0.15, 0.2) is 180 Å². The molecule has 64 heavy (non-hydrogen) atoms. The Morgan fingerprint density at radius 2 is 1.00 bits per heavy atom.